The van der Waals surface area contributed by atoms with Crippen molar-refractivity contribution in [2.45, 2.75) is 52.7 Å². The number of nitrogens with one attached hydrogen (secondary N) is 2. The van der Waals surface area contributed by atoms with Crippen molar-refractivity contribution in [3.05, 3.63) is 0 Å². The van der Waals surface area contributed by atoms with Crippen LogP contribution in [0.5, 0.6) is 0 Å². The molecule has 0 saturated heterocycles. The van der Waals surface area contributed by atoms with Crippen LogP contribution >= 0.6 is 0 Å². The number of hydrogen-bond acceptors (Lipinski definition) is 5. The number of aliphatic carboxylic acids is 1. The molecular formula is C14H28N2O6S. The standard InChI is InChI=1S/C14H28N2O6S/c1-10(2)14(5,8-13(18)19)16-12(17)9-15-23(20,21)7-6-22-11(3)4/h10-11,15H,6-9H2,1-5H3,(H,16,17)(H,18,19). The maximum atomic E-state index is 11.9. The van der Waals surface area contributed by atoms with Crippen molar-refractivity contribution in [1.29, 1.82) is 0 Å². The van der Waals surface area contributed by atoms with Gasteiger partial charge in [0.05, 0.1) is 31.4 Å². The van der Waals surface area contributed by atoms with Gasteiger partial charge in [-0.3, -0.25) is 9.59 Å². The first-order valence-corrected chi connectivity index (χ1v) is 9.15. The highest BCUT2D eigenvalue weighted by Crippen LogP contribution is 2.20. The van der Waals surface area contributed by atoms with Crippen LogP contribution in [0.2, 0.25) is 0 Å². The third-order valence-corrected chi connectivity index (χ3v) is 4.76. The van der Waals surface area contributed by atoms with Crippen LogP contribution in [0.15, 0.2) is 0 Å². The van der Waals surface area contributed by atoms with Gasteiger partial charge >= 0.3 is 5.97 Å². The third-order valence-electron chi connectivity index (χ3n) is 3.47. The summed E-state index contributed by atoms with van der Waals surface area (Å²) in [4.78, 5) is 22.8. The van der Waals surface area contributed by atoms with Crippen molar-refractivity contribution in [2.24, 2.45) is 5.92 Å². The van der Waals surface area contributed by atoms with E-state index in [1.165, 1.54) is 0 Å². The lowest BCUT2D eigenvalue weighted by molar-refractivity contribution is -0.139. The molecule has 1 amide bonds. The predicted molar refractivity (Wildman–Crippen MR) is 86.5 cm³/mol. The average molecular weight is 352 g/mol. The topological polar surface area (TPSA) is 122 Å². The molecule has 23 heavy (non-hydrogen) atoms. The van der Waals surface area contributed by atoms with Gasteiger partial charge in [0.2, 0.25) is 15.9 Å². The molecule has 0 aromatic carbocycles. The molecule has 0 spiro atoms. The molecule has 8 nitrogen and oxygen atoms in total. The predicted octanol–water partition coefficient (Wildman–Crippen LogP) is 0.336. The lowest BCUT2D eigenvalue weighted by atomic mass is 9.85. The average Bonchev–Trinajstić information content (AvgIpc) is 2.34. The highest BCUT2D eigenvalue weighted by atomic mass is 32.2. The fraction of sp³-hybridized carbons (Fsp3) is 0.857. The van der Waals surface area contributed by atoms with E-state index >= 15 is 0 Å². The molecule has 0 fully saturated rings. The second kappa shape index (κ2) is 9.19. The summed E-state index contributed by atoms with van der Waals surface area (Å²) in [5, 5.41) is 11.5. The molecule has 0 radical (unpaired) electrons. The van der Waals surface area contributed by atoms with Gasteiger partial charge in [-0.1, -0.05) is 13.8 Å². The monoisotopic (exact) mass is 352 g/mol. The van der Waals surface area contributed by atoms with Gasteiger partial charge in [-0.05, 0) is 26.7 Å². The summed E-state index contributed by atoms with van der Waals surface area (Å²) >= 11 is 0. The molecule has 1 unspecified atom stereocenters. The first kappa shape index (κ1) is 21.8. The molecule has 0 aliphatic carbocycles. The molecule has 9 heteroatoms. The van der Waals surface area contributed by atoms with Gasteiger partial charge in [0.25, 0.3) is 0 Å². The van der Waals surface area contributed by atoms with Crippen LogP contribution in [-0.4, -0.2) is 55.9 Å². The second-order valence-corrected chi connectivity index (χ2v) is 8.18. The van der Waals surface area contributed by atoms with Crippen molar-refractivity contribution in [3.8, 4) is 0 Å². The number of carbonyl (C=O) groups is 2. The van der Waals surface area contributed by atoms with Crippen LogP contribution in [0.1, 0.15) is 41.0 Å². The normalized spacial score (nSPS) is 14.7. The van der Waals surface area contributed by atoms with Crippen molar-refractivity contribution < 1.29 is 27.9 Å². The zero-order valence-electron chi connectivity index (χ0n) is 14.4. The first-order valence-electron chi connectivity index (χ1n) is 7.49. The van der Waals surface area contributed by atoms with Gasteiger partial charge < -0.3 is 15.2 Å². The summed E-state index contributed by atoms with van der Waals surface area (Å²) in [5.74, 6) is -1.98. The Morgan fingerprint density at radius 2 is 1.78 bits per heavy atom. The van der Waals surface area contributed by atoms with E-state index in [2.05, 4.69) is 10.0 Å². The summed E-state index contributed by atoms with van der Waals surface area (Å²) in [6.07, 6.45) is -0.318. The van der Waals surface area contributed by atoms with E-state index in [0.29, 0.717) is 0 Å². The second-order valence-electron chi connectivity index (χ2n) is 6.25. The van der Waals surface area contributed by atoms with Crippen molar-refractivity contribution >= 4 is 21.9 Å². The van der Waals surface area contributed by atoms with Crippen LogP contribution in [0.4, 0.5) is 0 Å². The number of rotatable bonds is 11. The lowest BCUT2D eigenvalue weighted by Crippen LogP contribution is -2.53. The van der Waals surface area contributed by atoms with E-state index < -0.39 is 34.0 Å². The van der Waals surface area contributed by atoms with Crippen LogP contribution in [0, 0.1) is 5.92 Å². The molecule has 0 aromatic heterocycles. The fourth-order valence-corrected chi connectivity index (χ4v) is 2.52. The highest BCUT2D eigenvalue weighted by molar-refractivity contribution is 7.89. The summed E-state index contributed by atoms with van der Waals surface area (Å²) in [6.45, 7) is 8.39. The Bertz CT molecular complexity index is 503. The SMILES string of the molecule is CC(C)OCCS(=O)(=O)NCC(=O)NC(C)(CC(=O)O)C(C)C. The van der Waals surface area contributed by atoms with Gasteiger partial charge in [0.15, 0.2) is 0 Å². The quantitative estimate of drug-likeness (QED) is 0.493. The van der Waals surface area contributed by atoms with Crippen molar-refractivity contribution in [3.63, 3.8) is 0 Å². The number of carboxylic acid groups (broad SMARTS) is 1. The molecule has 0 bridgehead atoms. The zero-order valence-corrected chi connectivity index (χ0v) is 15.2. The Kier molecular flexibility index (Phi) is 8.71. The minimum atomic E-state index is -3.62. The van der Waals surface area contributed by atoms with Gasteiger partial charge in [0.1, 0.15) is 0 Å². The lowest BCUT2D eigenvalue weighted by Gasteiger charge is -2.33. The number of ether oxygens (including phenoxy) is 1. The van der Waals surface area contributed by atoms with Crippen molar-refractivity contribution in [1.82, 2.24) is 10.0 Å². The molecule has 0 rings (SSSR count). The van der Waals surface area contributed by atoms with Gasteiger partial charge in [0, 0.05) is 5.54 Å². The molecule has 0 heterocycles. The van der Waals surface area contributed by atoms with Gasteiger partial charge in [-0.25, -0.2) is 13.1 Å². The molecule has 136 valence electrons. The van der Waals surface area contributed by atoms with Gasteiger partial charge in [-0.15, -0.1) is 0 Å². The van der Waals surface area contributed by atoms with Crippen LogP contribution in [0.25, 0.3) is 0 Å². The van der Waals surface area contributed by atoms with E-state index in [1.807, 2.05) is 0 Å². The summed E-state index contributed by atoms with van der Waals surface area (Å²) in [6, 6.07) is 0. The van der Waals surface area contributed by atoms with Crippen LogP contribution < -0.4 is 10.0 Å². The van der Waals surface area contributed by atoms with Crippen LogP contribution in [-0.2, 0) is 24.3 Å². The Morgan fingerprint density at radius 1 is 1.22 bits per heavy atom. The highest BCUT2D eigenvalue weighted by Gasteiger charge is 2.32. The molecule has 0 aromatic rings. The van der Waals surface area contributed by atoms with E-state index in [9.17, 15) is 18.0 Å². The van der Waals surface area contributed by atoms with E-state index in [0.717, 1.165) is 0 Å². The largest absolute Gasteiger partial charge is 0.481 e. The first-order chi connectivity index (χ1) is 10.4. The van der Waals surface area contributed by atoms with Crippen molar-refractivity contribution in [2.75, 3.05) is 18.9 Å². The number of sulfonamides is 1. The fourth-order valence-electron chi connectivity index (χ4n) is 1.71. The van der Waals surface area contributed by atoms with Gasteiger partial charge in [-0.2, -0.15) is 0 Å². The van der Waals surface area contributed by atoms with E-state index in [1.54, 1.807) is 34.6 Å². The molecule has 3 N–H and O–H groups in total. The summed E-state index contributed by atoms with van der Waals surface area (Å²) in [7, 11) is -3.62. The molecular weight excluding hydrogens is 324 g/mol. The number of carbonyl (C=O) groups excluding carboxylic acids is 1. The maximum absolute atomic E-state index is 11.9. The smallest absolute Gasteiger partial charge is 0.305 e. The Balaban J connectivity index is 4.50. The minimum Gasteiger partial charge on any atom is -0.481 e. The van der Waals surface area contributed by atoms with E-state index in [4.69, 9.17) is 9.84 Å². The summed E-state index contributed by atoms with van der Waals surface area (Å²) < 4.78 is 30.8. The Labute approximate surface area is 138 Å². The number of amides is 1. The van der Waals surface area contributed by atoms with E-state index in [-0.39, 0.29) is 30.8 Å². The molecule has 0 aliphatic rings. The number of hydrogen-bond donors (Lipinski definition) is 3. The van der Waals surface area contributed by atoms with Crippen LogP contribution in [0.3, 0.4) is 0 Å². The number of carboxylic acids is 1. The molecule has 0 saturated carbocycles. The maximum Gasteiger partial charge on any atom is 0.305 e. The molecule has 0 aliphatic heterocycles. The zero-order chi connectivity index (χ0) is 18.3. The Morgan fingerprint density at radius 3 is 2.22 bits per heavy atom. The Hall–Kier alpha value is -1.19. The summed E-state index contributed by atoms with van der Waals surface area (Å²) in [5.41, 5.74) is -0.949. The molecule has 1 atom stereocenters. The third kappa shape index (κ3) is 9.52. The minimum absolute atomic E-state index is 0.0390.